The topological polar surface area (TPSA) is 67.9 Å². The third kappa shape index (κ3) is 2.99. The normalized spacial score (nSPS) is 22.6. The number of likely N-dealkylation sites (tertiary alicyclic amines) is 1. The van der Waals surface area contributed by atoms with Crippen LogP contribution in [0.4, 0.5) is 10.1 Å². The van der Waals surface area contributed by atoms with Crippen LogP contribution in [0, 0.1) is 0 Å². The number of carbonyl (C=O) groups excluding carboxylic acids is 2. The molecule has 2 amide bonds. The second-order valence-corrected chi connectivity index (χ2v) is 5.49. The Kier molecular flexibility index (Phi) is 3.94. The number of benzene rings is 1. The molecule has 0 aromatic heterocycles. The summed E-state index contributed by atoms with van der Waals surface area (Å²) in [7, 11) is 0. The molecule has 0 radical (unpaired) electrons. The molecule has 2 heterocycles. The largest absolute Gasteiger partial charge is 0.486 e. The Balaban J connectivity index is 1.69. The van der Waals surface area contributed by atoms with E-state index in [0.717, 1.165) is 6.08 Å². The third-order valence-electron chi connectivity index (χ3n) is 3.91. The Bertz CT molecular complexity index is 663. The van der Waals surface area contributed by atoms with Crippen LogP contribution < -0.4 is 14.8 Å². The van der Waals surface area contributed by atoms with Crippen molar-refractivity contribution in [1.29, 1.82) is 0 Å². The number of carbonyl (C=O) groups is 2. The van der Waals surface area contributed by atoms with E-state index in [9.17, 15) is 14.0 Å². The zero-order valence-electron chi connectivity index (χ0n) is 12.5. The van der Waals surface area contributed by atoms with Gasteiger partial charge in [0.1, 0.15) is 13.2 Å². The first-order chi connectivity index (χ1) is 11.0. The molecule has 0 spiro atoms. The minimum Gasteiger partial charge on any atom is -0.486 e. The van der Waals surface area contributed by atoms with Crippen molar-refractivity contribution in [3.8, 4) is 11.5 Å². The van der Waals surface area contributed by atoms with Crippen LogP contribution in [0.3, 0.4) is 0 Å². The number of hydrogen-bond acceptors (Lipinski definition) is 4. The van der Waals surface area contributed by atoms with Crippen molar-refractivity contribution >= 4 is 17.5 Å². The summed E-state index contributed by atoms with van der Waals surface area (Å²) in [6, 6.07) is 4.88. The maximum atomic E-state index is 14.8. The molecular formula is C16H17FN2O4. The van der Waals surface area contributed by atoms with Gasteiger partial charge in [0.15, 0.2) is 11.5 Å². The molecule has 122 valence electrons. The van der Waals surface area contributed by atoms with Crippen LogP contribution in [0.15, 0.2) is 30.9 Å². The van der Waals surface area contributed by atoms with Gasteiger partial charge in [0.25, 0.3) is 5.91 Å². The van der Waals surface area contributed by atoms with Gasteiger partial charge in [-0.2, -0.15) is 0 Å². The molecule has 6 nitrogen and oxygen atoms in total. The first-order valence-electron chi connectivity index (χ1n) is 7.33. The lowest BCUT2D eigenvalue weighted by atomic mass is 10.0. The molecule has 1 fully saturated rings. The average molecular weight is 320 g/mol. The van der Waals surface area contributed by atoms with Gasteiger partial charge in [0.05, 0.1) is 6.54 Å². The predicted octanol–water partition coefficient (Wildman–Crippen LogP) is 1.52. The summed E-state index contributed by atoms with van der Waals surface area (Å²) in [4.78, 5) is 25.0. The molecule has 1 unspecified atom stereocenters. The minimum absolute atomic E-state index is 0.0387. The number of rotatable bonds is 3. The molecule has 7 heteroatoms. The van der Waals surface area contributed by atoms with Gasteiger partial charge in [0.2, 0.25) is 11.6 Å². The van der Waals surface area contributed by atoms with Crippen molar-refractivity contribution in [3.05, 3.63) is 30.9 Å². The Morgan fingerprint density at radius 3 is 2.78 bits per heavy atom. The van der Waals surface area contributed by atoms with Gasteiger partial charge < -0.3 is 19.7 Å². The maximum Gasteiger partial charge on any atom is 0.264 e. The first kappa shape index (κ1) is 15.3. The fraction of sp³-hybridized carbons (Fsp3) is 0.375. The van der Waals surface area contributed by atoms with Crippen LogP contribution in [0.25, 0.3) is 0 Å². The van der Waals surface area contributed by atoms with Crippen LogP contribution in [-0.4, -0.2) is 48.7 Å². The molecule has 2 aliphatic heterocycles. The fourth-order valence-corrected chi connectivity index (χ4v) is 2.64. The molecule has 0 bridgehead atoms. The highest BCUT2D eigenvalue weighted by molar-refractivity contribution is 5.99. The minimum atomic E-state index is -2.11. The zero-order valence-corrected chi connectivity index (χ0v) is 12.5. The maximum absolute atomic E-state index is 14.8. The lowest BCUT2D eigenvalue weighted by Gasteiger charge is -2.21. The van der Waals surface area contributed by atoms with Crippen molar-refractivity contribution < 1.29 is 23.5 Å². The van der Waals surface area contributed by atoms with E-state index in [1.54, 1.807) is 18.2 Å². The summed E-state index contributed by atoms with van der Waals surface area (Å²) in [5.74, 6) is -0.0464. The number of ether oxygens (including phenoxy) is 2. The molecule has 0 saturated carbocycles. The van der Waals surface area contributed by atoms with Gasteiger partial charge >= 0.3 is 0 Å². The average Bonchev–Trinajstić information content (AvgIpc) is 2.98. The number of halogens is 1. The first-order valence-corrected chi connectivity index (χ1v) is 7.33. The molecular weight excluding hydrogens is 303 g/mol. The van der Waals surface area contributed by atoms with E-state index < -0.39 is 11.6 Å². The van der Waals surface area contributed by atoms with Crippen LogP contribution in [0.2, 0.25) is 0 Å². The quantitative estimate of drug-likeness (QED) is 0.858. The second-order valence-electron chi connectivity index (χ2n) is 5.49. The molecule has 1 saturated heterocycles. The molecule has 1 aromatic carbocycles. The van der Waals surface area contributed by atoms with Crippen LogP contribution in [-0.2, 0) is 9.59 Å². The molecule has 1 atom stereocenters. The van der Waals surface area contributed by atoms with Crippen molar-refractivity contribution in [2.75, 3.05) is 31.6 Å². The van der Waals surface area contributed by atoms with Crippen LogP contribution >= 0.6 is 0 Å². The molecule has 3 rings (SSSR count). The second kappa shape index (κ2) is 5.91. The summed E-state index contributed by atoms with van der Waals surface area (Å²) < 4.78 is 25.6. The van der Waals surface area contributed by atoms with Crippen LogP contribution in [0.5, 0.6) is 11.5 Å². The highest BCUT2D eigenvalue weighted by Gasteiger charge is 2.46. The van der Waals surface area contributed by atoms with Crippen molar-refractivity contribution in [3.63, 3.8) is 0 Å². The van der Waals surface area contributed by atoms with E-state index in [0.29, 0.717) is 30.4 Å². The zero-order chi connectivity index (χ0) is 16.4. The lowest BCUT2D eigenvalue weighted by Crippen LogP contribution is -2.42. The standard InChI is InChI=1S/C16H17FN2O4/c1-2-14(20)19-6-5-16(17,10-19)15(21)18-11-3-4-12-13(9-11)23-8-7-22-12/h2-4,9H,1,5-8,10H2,(H,18,21). The van der Waals surface area contributed by atoms with Gasteiger partial charge in [0, 0.05) is 24.7 Å². The Morgan fingerprint density at radius 2 is 2.04 bits per heavy atom. The Hall–Kier alpha value is -2.57. The number of hydrogen-bond donors (Lipinski definition) is 1. The van der Waals surface area contributed by atoms with Gasteiger partial charge in [-0.3, -0.25) is 9.59 Å². The van der Waals surface area contributed by atoms with Gasteiger partial charge in [-0.1, -0.05) is 6.58 Å². The SMILES string of the molecule is C=CC(=O)N1CCC(F)(C(=O)Nc2ccc3c(c2)OCCO3)C1. The van der Waals surface area contributed by atoms with Crippen molar-refractivity contribution in [2.24, 2.45) is 0 Å². The monoisotopic (exact) mass is 320 g/mol. The van der Waals surface area contributed by atoms with Crippen molar-refractivity contribution in [2.45, 2.75) is 12.1 Å². The van der Waals surface area contributed by atoms with E-state index in [2.05, 4.69) is 11.9 Å². The highest BCUT2D eigenvalue weighted by atomic mass is 19.1. The number of fused-ring (bicyclic) bond motifs is 1. The number of nitrogens with zero attached hydrogens (tertiary/aromatic N) is 1. The molecule has 0 aliphatic carbocycles. The Morgan fingerprint density at radius 1 is 1.30 bits per heavy atom. The highest BCUT2D eigenvalue weighted by Crippen LogP contribution is 2.34. The predicted molar refractivity (Wildman–Crippen MR) is 81.3 cm³/mol. The summed E-state index contributed by atoms with van der Waals surface area (Å²) in [5, 5.41) is 2.54. The molecule has 1 N–H and O–H groups in total. The number of amides is 2. The van der Waals surface area contributed by atoms with E-state index in [4.69, 9.17) is 9.47 Å². The summed E-state index contributed by atoms with van der Waals surface area (Å²) in [6.07, 6.45) is 1.08. The fourth-order valence-electron chi connectivity index (χ4n) is 2.64. The lowest BCUT2D eigenvalue weighted by molar-refractivity contribution is -0.129. The van der Waals surface area contributed by atoms with Gasteiger partial charge in [-0.25, -0.2) is 4.39 Å². The number of anilines is 1. The summed E-state index contributed by atoms with van der Waals surface area (Å²) in [6.45, 7) is 4.19. The van der Waals surface area contributed by atoms with Gasteiger partial charge in [-0.05, 0) is 18.2 Å². The number of nitrogens with one attached hydrogen (secondary N) is 1. The van der Waals surface area contributed by atoms with Crippen molar-refractivity contribution in [1.82, 2.24) is 4.90 Å². The number of alkyl halides is 1. The van der Waals surface area contributed by atoms with Gasteiger partial charge in [-0.15, -0.1) is 0 Å². The smallest absolute Gasteiger partial charge is 0.264 e. The van der Waals surface area contributed by atoms with Crippen LogP contribution in [0.1, 0.15) is 6.42 Å². The molecule has 23 heavy (non-hydrogen) atoms. The third-order valence-corrected chi connectivity index (χ3v) is 3.91. The molecule has 1 aromatic rings. The van der Waals surface area contributed by atoms with E-state index in [-0.39, 0.29) is 25.4 Å². The van der Waals surface area contributed by atoms with E-state index in [1.807, 2.05) is 0 Å². The van der Waals surface area contributed by atoms with E-state index >= 15 is 0 Å². The summed E-state index contributed by atoms with van der Waals surface area (Å²) >= 11 is 0. The molecule has 2 aliphatic rings. The van der Waals surface area contributed by atoms with E-state index in [1.165, 1.54) is 4.90 Å². The summed E-state index contributed by atoms with van der Waals surface area (Å²) in [5.41, 5.74) is -1.68. The Labute approximate surface area is 132 Å².